The second kappa shape index (κ2) is 11.0. The zero-order valence-corrected chi connectivity index (χ0v) is 19.6. The quantitative estimate of drug-likeness (QED) is 0.441. The largest absolute Gasteiger partial charge is 0.459 e. The van der Waals surface area contributed by atoms with E-state index < -0.39 is 40.2 Å². The molecule has 0 aliphatic carbocycles. The highest BCUT2D eigenvalue weighted by molar-refractivity contribution is 7.88. The fourth-order valence-corrected chi connectivity index (χ4v) is 4.30. The highest BCUT2D eigenvalue weighted by Crippen LogP contribution is 2.24. The number of hydrogen-bond donors (Lipinski definition) is 3. The van der Waals surface area contributed by atoms with Crippen LogP contribution in [-0.4, -0.2) is 49.7 Å². The van der Waals surface area contributed by atoms with Crippen molar-refractivity contribution in [3.05, 3.63) is 82.7 Å². The Hall–Kier alpha value is -2.97. The lowest BCUT2D eigenvalue weighted by atomic mass is 9.99. The van der Waals surface area contributed by atoms with Gasteiger partial charge in [0.2, 0.25) is 16.4 Å². The summed E-state index contributed by atoms with van der Waals surface area (Å²) >= 11 is 0. The molecular weight excluding hydrogens is 464 g/mol. The smallest absolute Gasteiger partial charge is 0.242 e. The predicted molar refractivity (Wildman–Crippen MR) is 124 cm³/mol. The van der Waals surface area contributed by atoms with Crippen LogP contribution in [0.1, 0.15) is 23.6 Å². The molecule has 0 spiro atoms. The van der Waals surface area contributed by atoms with E-state index in [1.165, 1.54) is 17.0 Å². The first kappa shape index (κ1) is 25.6. The van der Waals surface area contributed by atoms with Crippen molar-refractivity contribution in [2.75, 3.05) is 12.8 Å². The summed E-state index contributed by atoms with van der Waals surface area (Å²) in [6.45, 7) is 2.17. The molecule has 3 atom stereocenters. The maximum absolute atomic E-state index is 13.8. The third-order valence-electron chi connectivity index (χ3n) is 5.18. The van der Waals surface area contributed by atoms with E-state index in [1.807, 2.05) is 24.3 Å². The molecule has 0 radical (unpaired) electrons. The molecule has 34 heavy (non-hydrogen) atoms. The molecule has 2 aromatic carbocycles. The maximum atomic E-state index is 13.8. The molecule has 3 rings (SSSR count). The monoisotopic (exact) mass is 491 g/mol. The molecule has 1 unspecified atom stereocenters. The molecule has 0 saturated carbocycles. The fraction of sp³-hybridized carbons (Fsp3) is 0.333. The van der Waals surface area contributed by atoms with E-state index in [9.17, 15) is 22.3 Å². The Kier molecular flexibility index (Phi) is 8.28. The van der Waals surface area contributed by atoms with Crippen molar-refractivity contribution in [2.24, 2.45) is 0 Å². The zero-order chi connectivity index (χ0) is 24.9. The van der Waals surface area contributed by atoms with Crippen LogP contribution in [0, 0.1) is 24.0 Å². The van der Waals surface area contributed by atoms with E-state index in [2.05, 4.69) is 16.0 Å². The Morgan fingerprint density at radius 2 is 1.91 bits per heavy atom. The Morgan fingerprint density at radius 1 is 1.21 bits per heavy atom. The first-order chi connectivity index (χ1) is 16.0. The number of nitrogens with one attached hydrogen (secondary N) is 2. The molecule has 2 aromatic rings. The minimum absolute atomic E-state index is 0.0270. The highest BCUT2D eigenvalue weighted by atomic mass is 32.2. The van der Waals surface area contributed by atoms with Gasteiger partial charge in [0.15, 0.2) is 0 Å². The normalized spacial score (nSPS) is 17.6. The highest BCUT2D eigenvalue weighted by Gasteiger charge is 2.36. The number of sulfonamides is 1. The fourth-order valence-electron chi connectivity index (χ4n) is 3.76. The maximum Gasteiger partial charge on any atom is 0.242 e. The summed E-state index contributed by atoms with van der Waals surface area (Å²) in [5, 5.41) is 14.2. The van der Waals surface area contributed by atoms with Gasteiger partial charge in [0.1, 0.15) is 17.4 Å². The number of aliphatic hydroxyl groups excluding tert-OH is 1. The van der Waals surface area contributed by atoms with Gasteiger partial charge in [-0.15, -0.1) is 6.42 Å². The first-order valence-electron chi connectivity index (χ1n) is 10.5. The van der Waals surface area contributed by atoms with Gasteiger partial charge < -0.3 is 20.1 Å². The van der Waals surface area contributed by atoms with E-state index in [-0.39, 0.29) is 13.0 Å². The number of nitrogens with zero attached hydrogens (tertiary/aromatic N) is 1. The summed E-state index contributed by atoms with van der Waals surface area (Å²) in [4.78, 5) is 1.50. The van der Waals surface area contributed by atoms with Gasteiger partial charge in [-0.3, -0.25) is 0 Å². The molecule has 0 fully saturated rings. The number of allylic oxidation sites excluding steroid dienone is 1. The number of terminal acetylenes is 1. The number of aliphatic hydroxyl groups is 1. The van der Waals surface area contributed by atoms with Crippen LogP contribution in [0.2, 0.25) is 0 Å². The van der Waals surface area contributed by atoms with Crippen LogP contribution in [0.5, 0.6) is 0 Å². The molecule has 182 valence electrons. The molecule has 1 heterocycles. The van der Waals surface area contributed by atoms with E-state index in [0.717, 1.165) is 23.4 Å². The van der Waals surface area contributed by atoms with Crippen molar-refractivity contribution in [2.45, 2.75) is 38.4 Å². The van der Waals surface area contributed by atoms with Gasteiger partial charge in [-0.1, -0.05) is 18.1 Å². The molecule has 3 N–H and O–H groups in total. The lowest BCUT2D eigenvalue weighted by Gasteiger charge is -2.35. The number of benzene rings is 2. The number of ether oxygens (including phenoxy) is 1. The molecule has 0 amide bonds. The minimum atomic E-state index is -3.65. The molecule has 7 nitrogen and oxygen atoms in total. The topological polar surface area (TPSA) is 90.9 Å². The average Bonchev–Trinajstić information content (AvgIpc) is 3.09. The van der Waals surface area contributed by atoms with Crippen molar-refractivity contribution in [1.29, 1.82) is 0 Å². The SMILES string of the molecule is C#Cc1cccc(CNC[C@@H](O)[C@H](Cc2cc(F)cc(F)c2)N2C=C(C)OC2NS(C)(=O)=O)c1. The van der Waals surface area contributed by atoms with Crippen molar-refractivity contribution < 1.29 is 27.0 Å². The Morgan fingerprint density at radius 3 is 2.56 bits per heavy atom. The van der Waals surface area contributed by atoms with Gasteiger partial charge >= 0.3 is 0 Å². The summed E-state index contributed by atoms with van der Waals surface area (Å²) in [5.41, 5.74) is 1.96. The van der Waals surface area contributed by atoms with Crippen LogP contribution < -0.4 is 10.0 Å². The van der Waals surface area contributed by atoms with Gasteiger partial charge in [-0.05, 0) is 48.7 Å². The summed E-state index contributed by atoms with van der Waals surface area (Å²) in [7, 11) is -3.65. The average molecular weight is 492 g/mol. The number of hydrogen-bond acceptors (Lipinski definition) is 6. The standard InChI is InChI=1S/C24H27F2N3O4S/c1-4-17-6-5-7-18(8-17)13-27-14-23(30)22(11-19-9-20(25)12-21(26)10-19)29-15-16(2)33-24(29)28-34(3,31)32/h1,5-10,12,15,22-24,27-28,30H,11,13-14H2,2-3H3/t22-,23+,24?/m0/s1. The van der Waals surface area contributed by atoms with Crippen molar-refractivity contribution in [3.8, 4) is 12.3 Å². The summed E-state index contributed by atoms with van der Waals surface area (Å²) in [6, 6.07) is 9.71. The van der Waals surface area contributed by atoms with E-state index >= 15 is 0 Å². The second-order valence-corrected chi connectivity index (χ2v) is 9.92. The van der Waals surface area contributed by atoms with E-state index in [1.54, 1.807) is 13.1 Å². The first-order valence-corrected chi connectivity index (χ1v) is 12.4. The summed E-state index contributed by atoms with van der Waals surface area (Å²) in [5.74, 6) is 1.49. The van der Waals surface area contributed by atoms with Gasteiger partial charge in [-0.25, -0.2) is 17.2 Å². The summed E-state index contributed by atoms with van der Waals surface area (Å²) in [6.07, 6.45) is 5.84. The van der Waals surface area contributed by atoms with Gasteiger partial charge in [0.05, 0.1) is 18.4 Å². The van der Waals surface area contributed by atoms with Gasteiger partial charge in [0, 0.05) is 30.9 Å². The Bertz CT molecular complexity index is 1180. The zero-order valence-electron chi connectivity index (χ0n) is 18.8. The Labute approximate surface area is 198 Å². The third-order valence-corrected chi connectivity index (χ3v) is 5.81. The predicted octanol–water partition coefficient (Wildman–Crippen LogP) is 2.03. The van der Waals surface area contributed by atoms with Crippen LogP contribution in [0.15, 0.2) is 54.4 Å². The molecule has 10 heteroatoms. The van der Waals surface area contributed by atoms with Crippen molar-refractivity contribution in [3.63, 3.8) is 0 Å². The van der Waals surface area contributed by atoms with Crippen molar-refractivity contribution in [1.82, 2.24) is 14.9 Å². The van der Waals surface area contributed by atoms with Crippen LogP contribution in [-0.2, 0) is 27.7 Å². The van der Waals surface area contributed by atoms with E-state index in [4.69, 9.17) is 11.2 Å². The molecule has 0 bridgehead atoms. The minimum Gasteiger partial charge on any atom is -0.459 e. The summed E-state index contributed by atoms with van der Waals surface area (Å²) < 4.78 is 59.2. The lowest BCUT2D eigenvalue weighted by molar-refractivity contribution is -0.0248. The molecular formula is C24H27F2N3O4S. The molecule has 1 aliphatic heterocycles. The third kappa shape index (κ3) is 7.27. The van der Waals surface area contributed by atoms with Crippen LogP contribution in [0.25, 0.3) is 0 Å². The number of rotatable bonds is 10. The number of halogens is 2. The Balaban J connectivity index is 1.80. The second-order valence-electron chi connectivity index (χ2n) is 8.14. The van der Waals surface area contributed by atoms with Crippen LogP contribution >= 0.6 is 0 Å². The molecule has 0 saturated heterocycles. The van der Waals surface area contributed by atoms with Crippen LogP contribution in [0.3, 0.4) is 0 Å². The molecule has 0 aromatic heterocycles. The van der Waals surface area contributed by atoms with Gasteiger partial charge in [-0.2, -0.15) is 4.72 Å². The lowest BCUT2D eigenvalue weighted by Crippen LogP contribution is -2.54. The van der Waals surface area contributed by atoms with Crippen LogP contribution in [0.4, 0.5) is 8.78 Å². The molecule has 1 aliphatic rings. The van der Waals surface area contributed by atoms with E-state index in [0.29, 0.717) is 17.9 Å². The van der Waals surface area contributed by atoms with Gasteiger partial charge in [0.25, 0.3) is 0 Å². The van der Waals surface area contributed by atoms with Crippen molar-refractivity contribution >= 4 is 10.0 Å².